The highest BCUT2D eigenvalue weighted by Crippen LogP contribution is 2.40. The molecule has 0 aliphatic carbocycles. The van der Waals surface area contributed by atoms with Gasteiger partial charge in [0.25, 0.3) is 17.5 Å². The predicted octanol–water partition coefficient (Wildman–Crippen LogP) is 0.580. The summed E-state index contributed by atoms with van der Waals surface area (Å²) in [6.45, 7) is -0.423. The van der Waals surface area contributed by atoms with Crippen molar-refractivity contribution in [1.29, 1.82) is 0 Å². The Bertz CT molecular complexity index is 1390. The van der Waals surface area contributed by atoms with Crippen molar-refractivity contribution in [2.24, 2.45) is 5.16 Å². The largest absolute Gasteiger partial charge is 0.477 e. The van der Waals surface area contributed by atoms with E-state index in [1.165, 1.54) is 36.4 Å². The van der Waals surface area contributed by atoms with E-state index in [1.54, 1.807) is 0 Å². The number of rotatable bonds is 9. The van der Waals surface area contributed by atoms with Crippen molar-refractivity contribution in [2.45, 2.75) is 11.4 Å². The van der Waals surface area contributed by atoms with Crippen LogP contribution in [0.3, 0.4) is 0 Å². The molecule has 0 spiro atoms. The highest BCUT2D eigenvalue weighted by molar-refractivity contribution is 8.00. The molecular weight excluding hydrogens is 544 g/mol. The number of β-lactam (4-membered cyclic amide) rings is 1. The van der Waals surface area contributed by atoms with E-state index in [2.05, 4.69) is 15.5 Å². The first kappa shape index (κ1) is 26.6. The lowest BCUT2D eigenvalue weighted by Gasteiger charge is -2.49. The van der Waals surface area contributed by atoms with Gasteiger partial charge in [0.15, 0.2) is 10.8 Å². The van der Waals surface area contributed by atoms with Crippen LogP contribution in [0.5, 0.6) is 0 Å². The van der Waals surface area contributed by atoms with E-state index in [9.17, 15) is 34.4 Å². The number of nitrogens with two attached hydrogens (primary N) is 1. The number of thiazole rings is 1. The number of non-ortho nitro benzene ring substituents is 1. The number of aromatic nitrogens is 1. The minimum Gasteiger partial charge on any atom is -0.477 e. The summed E-state index contributed by atoms with van der Waals surface area (Å²) in [5.41, 5.74) is 5.20. The number of amides is 2. The number of carbonyl (C=O) groups excluding carboxylic acids is 3. The van der Waals surface area contributed by atoms with Gasteiger partial charge in [-0.15, -0.1) is 23.1 Å². The van der Waals surface area contributed by atoms with Gasteiger partial charge in [0.05, 0.1) is 10.5 Å². The standard InChI is InChI=1S/C21H18N6O9S2/c1-35-25-13(12-8-38-21(22)23-12)16(28)24-14-17(29)26-15(19(30)31)10(7-37-18(14)26)6-36-20(32)9-2-4-11(5-3-9)27(33)34/h2-5,8,14,18H,6-7H2,1H3,(H2,22,23)(H,24,28)(H,30,31)/t14?,18-/m1/s1. The number of thioether (sulfide) groups is 1. The topological polar surface area (TPSA) is 217 Å². The average Bonchev–Trinajstić information content (AvgIpc) is 3.33. The molecule has 1 saturated heterocycles. The Morgan fingerprint density at radius 3 is 2.63 bits per heavy atom. The second-order valence-electron chi connectivity index (χ2n) is 7.69. The van der Waals surface area contributed by atoms with E-state index in [-0.39, 0.29) is 44.8 Å². The number of nitrogens with one attached hydrogen (secondary N) is 1. The number of ether oxygens (including phenoxy) is 1. The molecule has 3 heterocycles. The first-order valence-electron chi connectivity index (χ1n) is 10.6. The number of nitro benzene ring substituents is 1. The Kier molecular flexibility index (Phi) is 7.58. The van der Waals surface area contributed by atoms with Gasteiger partial charge in [-0.05, 0) is 12.1 Å². The highest BCUT2D eigenvalue weighted by atomic mass is 32.2. The molecule has 2 atom stereocenters. The van der Waals surface area contributed by atoms with Crippen molar-refractivity contribution in [3.8, 4) is 0 Å². The number of esters is 1. The van der Waals surface area contributed by atoms with Crippen molar-refractivity contribution in [3.63, 3.8) is 0 Å². The zero-order valence-corrected chi connectivity index (χ0v) is 21.0. The van der Waals surface area contributed by atoms with E-state index < -0.39 is 46.7 Å². The predicted molar refractivity (Wildman–Crippen MR) is 133 cm³/mol. The number of benzene rings is 1. The lowest BCUT2D eigenvalue weighted by Crippen LogP contribution is -2.71. The number of anilines is 1. The maximum absolute atomic E-state index is 12.9. The van der Waals surface area contributed by atoms with E-state index in [0.29, 0.717) is 0 Å². The molecule has 4 N–H and O–H groups in total. The number of carboxylic acids is 1. The molecule has 15 nitrogen and oxygen atoms in total. The summed E-state index contributed by atoms with van der Waals surface area (Å²) >= 11 is 2.25. The fourth-order valence-electron chi connectivity index (χ4n) is 3.65. The van der Waals surface area contributed by atoms with Crippen molar-refractivity contribution >= 4 is 63.4 Å². The quantitative estimate of drug-likeness (QED) is 0.126. The van der Waals surface area contributed by atoms with E-state index in [4.69, 9.17) is 15.3 Å². The second kappa shape index (κ2) is 10.9. The number of carbonyl (C=O) groups is 4. The molecule has 198 valence electrons. The fourth-order valence-corrected chi connectivity index (χ4v) is 5.53. The van der Waals surface area contributed by atoms with Crippen LogP contribution in [0.15, 0.2) is 46.1 Å². The van der Waals surface area contributed by atoms with Crippen molar-refractivity contribution < 1.29 is 38.8 Å². The number of nitro groups is 1. The summed E-state index contributed by atoms with van der Waals surface area (Å²) in [7, 11) is 1.23. The summed E-state index contributed by atoms with van der Waals surface area (Å²) < 4.78 is 5.20. The summed E-state index contributed by atoms with van der Waals surface area (Å²) in [5.74, 6) is -3.58. The van der Waals surface area contributed by atoms with Crippen molar-refractivity contribution in [3.05, 3.63) is 62.3 Å². The minimum atomic E-state index is -1.41. The molecular formula is C21H18N6O9S2. The van der Waals surface area contributed by atoms with Crippen LogP contribution < -0.4 is 11.1 Å². The van der Waals surface area contributed by atoms with Gasteiger partial charge in [0, 0.05) is 28.8 Å². The van der Waals surface area contributed by atoms with Crippen LogP contribution in [0.2, 0.25) is 0 Å². The Morgan fingerprint density at radius 1 is 1.34 bits per heavy atom. The molecule has 1 unspecified atom stereocenters. The molecule has 0 saturated carbocycles. The third kappa shape index (κ3) is 5.14. The molecule has 2 aliphatic rings. The number of oxime groups is 1. The van der Waals surface area contributed by atoms with E-state index in [0.717, 1.165) is 28.4 Å². The van der Waals surface area contributed by atoms with Crippen LogP contribution in [0, 0.1) is 10.1 Å². The molecule has 0 bridgehead atoms. The number of hydrogen-bond acceptors (Lipinski definition) is 13. The molecule has 2 amide bonds. The summed E-state index contributed by atoms with van der Waals surface area (Å²) in [6, 6.07) is 3.65. The number of carboxylic acid groups (broad SMARTS) is 1. The molecule has 1 aromatic carbocycles. The van der Waals surface area contributed by atoms with Crippen LogP contribution in [0.1, 0.15) is 16.1 Å². The minimum absolute atomic E-state index is 0.0348. The summed E-state index contributed by atoms with van der Waals surface area (Å²) in [5, 5.41) is 27.7. The van der Waals surface area contributed by atoms with Gasteiger partial charge >= 0.3 is 11.9 Å². The first-order valence-corrected chi connectivity index (χ1v) is 12.5. The Morgan fingerprint density at radius 2 is 2.05 bits per heavy atom. The van der Waals surface area contributed by atoms with Crippen molar-refractivity contribution in [1.82, 2.24) is 15.2 Å². The zero-order chi connectivity index (χ0) is 27.6. The van der Waals surface area contributed by atoms with E-state index in [1.807, 2.05) is 0 Å². The Hall–Kier alpha value is -4.51. The lowest BCUT2D eigenvalue weighted by atomic mass is 10.0. The van der Waals surface area contributed by atoms with Gasteiger partial charge in [-0.25, -0.2) is 14.6 Å². The molecule has 1 aromatic heterocycles. The maximum atomic E-state index is 12.9. The van der Waals surface area contributed by atoms with Crippen LogP contribution >= 0.6 is 23.1 Å². The zero-order valence-electron chi connectivity index (χ0n) is 19.4. The molecule has 17 heteroatoms. The molecule has 38 heavy (non-hydrogen) atoms. The smallest absolute Gasteiger partial charge is 0.352 e. The van der Waals surface area contributed by atoms with Gasteiger partial charge in [-0.2, -0.15) is 0 Å². The summed E-state index contributed by atoms with van der Waals surface area (Å²) in [6.07, 6.45) is 0. The van der Waals surface area contributed by atoms with Gasteiger partial charge in [-0.1, -0.05) is 5.16 Å². The first-order chi connectivity index (χ1) is 18.1. The number of nitrogens with zero attached hydrogens (tertiary/aromatic N) is 4. The number of nitrogen functional groups attached to an aromatic ring is 1. The molecule has 2 aliphatic heterocycles. The van der Waals surface area contributed by atoms with Crippen LogP contribution in [0.25, 0.3) is 0 Å². The molecule has 2 aromatic rings. The van der Waals surface area contributed by atoms with Crippen LogP contribution in [-0.2, 0) is 24.0 Å². The van der Waals surface area contributed by atoms with Gasteiger partial charge < -0.3 is 25.7 Å². The molecule has 0 radical (unpaired) electrons. The van der Waals surface area contributed by atoms with E-state index >= 15 is 0 Å². The fraction of sp³-hybridized carbons (Fsp3) is 0.238. The normalized spacial score (nSPS) is 18.8. The SMILES string of the molecule is CON=C(C(=O)NC1C(=O)N2C(C(=O)O)=C(COC(=O)c3ccc([N+](=O)[O-])cc3)CS[C@H]12)c1csc(N)n1. The van der Waals surface area contributed by atoms with Crippen molar-refractivity contribution in [2.75, 3.05) is 25.2 Å². The van der Waals surface area contributed by atoms with Gasteiger partial charge in [-0.3, -0.25) is 24.6 Å². The second-order valence-corrected chi connectivity index (χ2v) is 9.69. The molecule has 4 rings (SSSR count). The lowest BCUT2D eigenvalue weighted by molar-refractivity contribution is -0.384. The Labute approximate surface area is 221 Å². The monoisotopic (exact) mass is 562 g/mol. The highest BCUT2D eigenvalue weighted by Gasteiger charge is 2.54. The third-order valence-corrected chi connectivity index (χ3v) is 7.40. The maximum Gasteiger partial charge on any atom is 0.352 e. The average molecular weight is 563 g/mol. The van der Waals surface area contributed by atoms with Crippen LogP contribution in [-0.4, -0.2) is 80.3 Å². The number of fused-ring (bicyclic) bond motifs is 1. The van der Waals surface area contributed by atoms with Crippen LogP contribution in [0.4, 0.5) is 10.8 Å². The van der Waals surface area contributed by atoms with Gasteiger partial charge in [0.2, 0.25) is 0 Å². The van der Waals surface area contributed by atoms with Gasteiger partial charge in [0.1, 0.15) is 36.5 Å². The number of aliphatic carboxylic acids is 1. The third-order valence-electron chi connectivity index (χ3n) is 5.39. The number of hydrogen-bond donors (Lipinski definition) is 3. The molecule has 1 fully saturated rings. The Balaban J connectivity index is 1.45. The summed E-state index contributed by atoms with van der Waals surface area (Å²) in [4.78, 5) is 69.9.